The van der Waals surface area contributed by atoms with Gasteiger partial charge in [-0.15, -0.1) is 12.4 Å². The molecular weight excluding hydrogens is 238 g/mol. The van der Waals surface area contributed by atoms with Crippen molar-refractivity contribution in [2.24, 2.45) is 0 Å². The number of carbonyl (C=O) groups is 1. The zero-order valence-electron chi connectivity index (χ0n) is 9.25. The van der Waals surface area contributed by atoms with Crippen molar-refractivity contribution in [3.05, 3.63) is 53.9 Å². The van der Waals surface area contributed by atoms with Gasteiger partial charge in [-0.25, -0.2) is 4.79 Å². The van der Waals surface area contributed by atoms with Crippen LogP contribution in [0.15, 0.2) is 42.7 Å². The fourth-order valence-corrected chi connectivity index (χ4v) is 1.65. The number of aromatic carboxylic acids is 1. The van der Waals surface area contributed by atoms with Gasteiger partial charge in [0.25, 0.3) is 0 Å². The number of hydrogen-bond acceptors (Lipinski definition) is 2. The van der Waals surface area contributed by atoms with Crippen LogP contribution in [0.5, 0.6) is 0 Å². The lowest BCUT2D eigenvalue weighted by Gasteiger charge is -2.06. The number of carboxylic acids is 1. The van der Waals surface area contributed by atoms with Crippen LogP contribution >= 0.6 is 12.4 Å². The molecule has 0 atom stereocenters. The number of rotatable bonds is 2. The van der Waals surface area contributed by atoms with Crippen molar-refractivity contribution in [3.8, 4) is 11.1 Å². The molecule has 0 amide bonds. The monoisotopic (exact) mass is 249 g/mol. The van der Waals surface area contributed by atoms with Gasteiger partial charge in [0.2, 0.25) is 0 Å². The minimum Gasteiger partial charge on any atom is -0.478 e. The third-order valence-electron chi connectivity index (χ3n) is 2.46. The van der Waals surface area contributed by atoms with Gasteiger partial charge in [-0.05, 0) is 47.9 Å². The molecule has 1 aromatic heterocycles. The number of halogens is 1. The number of nitrogens with zero attached hydrogens (tertiary/aromatic N) is 1. The molecule has 0 unspecified atom stereocenters. The molecule has 0 bridgehead atoms. The molecule has 0 saturated carbocycles. The van der Waals surface area contributed by atoms with Crippen LogP contribution in [0.25, 0.3) is 11.1 Å². The van der Waals surface area contributed by atoms with Crippen molar-refractivity contribution in [1.82, 2.24) is 4.98 Å². The average Bonchev–Trinajstić information content (AvgIpc) is 2.30. The Morgan fingerprint density at radius 3 is 2.35 bits per heavy atom. The van der Waals surface area contributed by atoms with E-state index in [0.29, 0.717) is 5.56 Å². The van der Waals surface area contributed by atoms with Gasteiger partial charge in [0.05, 0.1) is 5.56 Å². The molecule has 88 valence electrons. The molecule has 0 aliphatic carbocycles. The van der Waals surface area contributed by atoms with E-state index in [1.54, 1.807) is 24.5 Å². The third kappa shape index (κ3) is 2.82. The van der Waals surface area contributed by atoms with Crippen molar-refractivity contribution in [2.75, 3.05) is 0 Å². The zero-order valence-corrected chi connectivity index (χ0v) is 10.1. The normalized spacial score (nSPS) is 9.47. The number of carboxylic acid groups (broad SMARTS) is 1. The van der Waals surface area contributed by atoms with Crippen molar-refractivity contribution in [1.29, 1.82) is 0 Å². The van der Waals surface area contributed by atoms with Gasteiger partial charge in [0.15, 0.2) is 0 Å². The second kappa shape index (κ2) is 5.46. The lowest BCUT2D eigenvalue weighted by Crippen LogP contribution is -1.97. The summed E-state index contributed by atoms with van der Waals surface area (Å²) in [6, 6.07) is 8.93. The predicted octanol–water partition coefficient (Wildman–Crippen LogP) is 3.18. The molecule has 0 fully saturated rings. The maximum absolute atomic E-state index is 10.8. The van der Waals surface area contributed by atoms with E-state index in [-0.39, 0.29) is 12.4 Å². The Bertz CT molecular complexity index is 526. The van der Waals surface area contributed by atoms with E-state index in [1.165, 1.54) is 0 Å². The van der Waals surface area contributed by atoms with Crippen LogP contribution in [-0.2, 0) is 0 Å². The van der Waals surface area contributed by atoms with Gasteiger partial charge >= 0.3 is 5.97 Å². The highest BCUT2D eigenvalue weighted by Gasteiger charge is 2.06. The number of pyridine rings is 1. The summed E-state index contributed by atoms with van der Waals surface area (Å²) < 4.78 is 0. The molecule has 0 saturated heterocycles. The standard InChI is InChI=1S/C13H11NO2.ClH/c1-9-8-11(13(15)16)2-3-12(9)10-4-6-14-7-5-10;/h2-8H,1H3,(H,15,16);1H. The molecule has 4 heteroatoms. The van der Waals surface area contributed by atoms with Crippen LogP contribution in [0.2, 0.25) is 0 Å². The molecule has 0 aliphatic heterocycles. The highest BCUT2D eigenvalue weighted by atomic mass is 35.5. The Hall–Kier alpha value is -1.87. The van der Waals surface area contributed by atoms with Crippen LogP contribution < -0.4 is 0 Å². The van der Waals surface area contributed by atoms with Gasteiger partial charge in [0.1, 0.15) is 0 Å². The summed E-state index contributed by atoms with van der Waals surface area (Å²) in [7, 11) is 0. The summed E-state index contributed by atoms with van der Waals surface area (Å²) in [6.07, 6.45) is 3.44. The van der Waals surface area contributed by atoms with E-state index in [1.807, 2.05) is 25.1 Å². The van der Waals surface area contributed by atoms with Crippen molar-refractivity contribution in [2.45, 2.75) is 6.92 Å². The van der Waals surface area contributed by atoms with Crippen LogP contribution in [0, 0.1) is 6.92 Å². The van der Waals surface area contributed by atoms with E-state index >= 15 is 0 Å². The van der Waals surface area contributed by atoms with E-state index < -0.39 is 5.97 Å². The largest absolute Gasteiger partial charge is 0.478 e. The first-order valence-electron chi connectivity index (χ1n) is 4.93. The molecule has 2 aromatic rings. The molecule has 0 spiro atoms. The summed E-state index contributed by atoms with van der Waals surface area (Å²) in [5.74, 6) is -0.899. The number of aryl methyl sites for hydroxylation is 1. The quantitative estimate of drug-likeness (QED) is 0.889. The molecule has 1 N–H and O–H groups in total. The summed E-state index contributed by atoms with van der Waals surface area (Å²) in [4.78, 5) is 14.7. The number of aromatic nitrogens is 1. The first-order valence-corrected chi connectivity index (χ1v) is 4.93. The van der Waals surface area contributed by atoms with Crippen LogP contribution in [-0.4, -0.2) is 16.1 Å². The molecular formula is C13H12ClNO2. The van der Waals surface area contributed by atoms with Crippen LogP contribution in [0.3, 0.4) is 0 Å². The maximum Gasteiger partial charge on any atom is 0.335 e. The number of benzene rings is 1. The van der Waals surface area contributed by atoms with E-state index in [9.17, 15) is 4.79 Å². The Balaban J connectivity index is 0.00000144. The van der Waals surface area contributed by atoms with Crippen molar-refractivity contribution < 1.29 is 9.90 Å². The molecule has 3 nitrogen and oxygen atoms in total. The average molecular weight is 250 g/mol. The van der Waals surface area contributed by atoms with E-state index in [4.69, 9.17) is 5.11 Å². The topological polar surface area (TPSA) is 50.2 Å². The van der Waals surface area contributed by atoms with Crippen LogP contribution in [0.1, 0.15) is 15.9 Å². The maximum atomic E-state index is 10.8. The SMILES string of the molecule is Cc1cc(C(=O)O)ccc1-c1ccncc1.Cl. The van der Waals surface area contributed by atoms with Gasteiger partial charge in [-0.2, -0.15) is 0 Å². The van der Waals surface area contributed by atoms with Gasteiger partial charge in [0, 0.05) is 12.4 Å². The third-order valence-corrected chi connectivity index (χ3v) is 2.46. The minimum atomic E-state index is -0.899. The lowest BCUT2D eigenvalue weighted by molar-refractivity contribution is 0.0697. The van der Waals surface area contributed by atoms with Gasteiger partial charge in [-0.3, -0.25) is 4.98 Å². The van der Waals surface area contributed by atoms with E-state index in [2.05, 4.69) is 4.98 Å². The lowest BCUT2D eigenvalue weighted by atomic mass is 9.99. The summed E-state index contributed by atoms with van der Waals surface area (Å²) in [5, 5.41) is 8.86. The zero-order chi connectivity index (χ0) is 11.5. The van der Waals surface area contributed by atoms with Gasteiger partial charge < -0.3 is 5.11 Å². The fraction of sp³-hybridized carbons (Fsp3) is 0.0769. The first-order chi connectivity index (χ1) is 7.68. The second-order valence-corrected chi connectivity index (χ2v) is 3.57. The van der Waals surface area contributed by atoms with Crippen molar-refractivity contribution >= 4 is 18.4 Å². The molecule has 17 heavy (non-hydrogen) atoms. The fourth-order valence-electron chi connectivity index (χ4n) is 1.65. The smallest absolute Gasteiger partial charge is 0.335 e. The number of hydrogen-bond donors (Lipinski definition) is 1. The molecule has 0 aliphatic rings. The summed E-state index contributed by atoms with van der Waals surface area (Å²) in [5.41, 5.74) is 3.35. The predicted molar refractivity (Wildman–Crippen MR) is 68.6 cm³/mol. The molecule has 1 heterocycles. The van der Waals surface area contributed by atoms with E-state index in [0.717, 1.165) is 16.7 Å². The Morgan fingerprint density at radius 2 is 1.82 bits per heavy atom. The molecule has 0 radical (unpaired) electrons. The minimum absolute atomic E-state index is 0. The van der Waals surface area contributed by atoms with Crippen molar-refractivity contribution in [3.63, 3.8) is 0 Å². The van der Waals surface area contributed by atoms with Gasteiger partial charge in [-0.1, -0.05) is 6.07 Å². The summed E-state index contributed by atoms with van der Waals surface area (Å²) in [6.45, 7) is 1.90. The highest BCUT2D eigenvalue weighted by molar-refractivity contribution is 5.89. The van der Waals surface area contributed by atoms with Crippen LogP contribution in [0.4, 0.5) is 0 Å². The Morgan fingerprint density at radius 1 is 1.18 bits per heavy atom. The summed E-state index contributed by atoms with van der Waals surface area (Å²) >= 11 is 0. The first kappa shape index (κ1) is 13.2. The highest BCUT2D eigenvalue weighted by Crippen LogP contribution is 2.23. The Kier molecular flexibility index (Phi) is 4.24. The molecule has 1 aromatic carbocycles. The molecule has 2 rings (SSSR count). The Labute approximate surface area is 106 Å². The second-order valence-electron chi connectivity index (χ2n) is 3.57.